The highest BCUT2D eigenvalue weighted by atomic mass is 32.2. The molecular weight excluding hydrogens is 240 g/mol. The van der Waals surface area contributed by atoms with Crippen LogP contribution in [0.2, 0.25) is 0 Å². The van der Waals surface area contributed by atoms with Crippen LogP contribution in [0.25, 0.3) is 11.0 Å². The van der Waals surface area contributed by atoms with Crippen molar-refractivity contribution >= 4 is 20.8 Å². The van der Waals surface area contributed by atoms with Crippen molar-refractivity contribution in [1.82, 2.24) is 0 Å². The summed E-state index contributed by atoms with van der Waals surface area (Å²) >= 11 is 0. The lowest BCUT2D eigenvalue weighted by Gasteiger charge is -2.04. The molecule has 0 amide bonds. The van der Waals surface area contributed by atoms with Gasteiger partial charge in [-0.15, -0.1) is 0 Å². The fourth-order valence-corrected chi connectivity index (χ4v) is 2.54. The summed E-state index contributed by atoms with van der Waals surface area (Å²) in [6.45, 7) is 1.88. The lowest BCUT2D eigenvalue weighted by atomic mass is 10.1. The average molecular weight is 252 g/mol. The van der Waals surface area contributed by atoms with Gasteiger partial charge in [-0.25, -0.2) is 13.2 Å². The Morgan fingerprint density at radius 1 is 1.24 bits per heavy atom. The molecule has 0 unspecified atom stereocenters. The topological polar surface area (TPSA) is 64.3 Å². The SMILES string of the molecule is Cc1ccc2c(CS(C)(=O)=O)cc(=O)oc2c1. The van der Waals surface area contributed by atoms with Crippen LogP contribution < -0.4 is 5.63 Å². The van der Waals surface area contributed by atoms with Crippen LogP contribution in [0.3, 0.4) is 0 Å². The lowest BCUT2D eigenvalue weighted by molar-refractivity contribution is 0.559. The fraction of sp³-hybridized carbons (Fsp3) is 0.250. The Hall–Kier alpha value is -1.62. The third kappa shape index (κ3) is 2.74. The molecule has 0 bridgehead atoms. The average Bonchev–Trinajstić information content (AvgIpc) is 2.13. The molecule has 0 spiro atoms. The Morgan fingerprint density at radius 2 is 1.94 bits per heavy atom. The molecule has 0 atom stereocenters. The van der Waals surface area contributed by atoms with E-state index in [0.29, 0.717) is 16.5 Å². The van der Waals surface area contributed by atoms with Gasteiger partial charge in [0.1, 0.15) is 5.58 Å². The van der Waals surface area contributed by atoms with Crippen LogP contribution in [0.15, 0.2) is 33.5 Å². The van der Waals surface area contributed by atoms with Crippen molar-refractivity contribution in [2.45, 2.75) is 12.7 Å². The maximum Gasteiger partial charge on any atom is 0.336 e. The highest BCUT2D eigenvalue weighted by Crippen LogP contribution is 2.19. The van der Waals surface area contributed by atoms with Crippen LogP contribution in [-0.4, -0.2) is 14.7 Å². The van der Waals surface area contributed by atoms with Gasteiger partial charge in [0.25, 0.3) is 0 Å². The Balaban J connectivity index is 2.74. The maximum absolute atomic E-state index is 11.3. The summed E-state index contributed by atoms with van der Waals surface area (Å²) in [6, 6.07) is 6.59. The van der Waals surface area contributed by atoms with Crippen LogP contribution in [0.5, 0.6) is 0 Å². The van der Waals surface area contributed by atoms with Crippen molar-refractivity contribution in [3.63, 3.8) is 0 Å². The fourth-order valence-electron chi connectivity index (χ4n) is 1.74. The number of hydrogen-bond donors (Lipinski definition) is 0. The van der Waals surface area contributed by atoms with Crippen LogP contribution in [0.4, 0.5) is 0 Å². The van der Waals surface area contributed by atoms with Crippen LogP contribution in [-0.2, 0) is 15.6 Å². The van der Waals surface area contributed by atoms with Crippen molar-refractivity contribution < 1.29 is 12.8 Å². The van der Waals surface area contributed by atoms with Crippen LogP contribution in [0.1, 0.15) is 11.1 Å². The second kappa shape index (κ2) is 4.00. The van der Waals surface area contributed by atoms with E-state index in [1.165, 1.54) is 6.07 Å². The Kier molecular flexibility index (Phi) is 2.79. The largest absolute Gasteiger partial charge is 0.423 e. The Morgan fingerprint density at radius 3 is 2.59 bits per heavy atom. The molecule has 0 radical (unpaired) electrons. The first kappa shape index (κ1) is 11.9. The second-order valence-electron chi connectivity index (χ2n) is 4.16. The number of benzene rings is 1. The van der Waals surface area contributed by atoms with Gasteiger partial charge in [0.05, 0.1) is 5.75 Å². The number of hydrogen-bond acceptors (Lipinski definition) is 4. The third-order valence-electron chi connectivity index (χ3n) is 2.40. The molecule has 2 rings (SSSR count). The molecule has 4 nitrogen and oxygen atoms in total. The number of fused-ring (bicyclic) bond motifs is 1. The van der Waals surface area contributed by atoms with Crippen molar-refractivity contribution in [3.8, 4) is 0 Å². The zero-order valence-electron chi connectivity index (χ0n) is 9.56. The van der Waals surface area contributed by atoms with Crippen LogP contribution >= 0.6 is 0 Å². The number of rotatable bonds is 2. The summed E-state index contributed by atoms with van der Waals surface area (Å²) in [6.07, 6.45) is 1.14. The molecule has 17 heavy (non-hydrogen) atoms. The zero-order valence-corrected chi connectivity index (χ0v) is 10.4. The minimum Gasteiger partial charge on any atom is -0.423 e. The van der Waals surface area contributed by atoms with Gasteiger partial charge in [-0.1, -0.05) is 12.1 Å². The van der Waals surface area contributed by atoms with E-state index in [1.807, 2.05) is 13.0 Å². The third-order valence-corrected chi connectivity index (χ3v) is 3.24. The van der Waals surface area contributed by atoms with E-state index in [-0.39, 0.29) is 5.75 Å². The van der Waals surface area contributed by atoms with E-state index >= 15 is 0 Å². The summed E-state index contributed by atoms with van der Waals surface area (Å²) in [5, 5.41) is 0.667. The molecule has 1 aromatic heterocycles. The first-order valence-corrected chi connectivity index (χ1v) is 7.12. The standard InChI is InChI=1S/C12H12O4S/c1-8-3-4-10-9(7-17(2,14)15)6-12(13)16-11(10)5-8/h3-6H,7H2,1-2H3. The van der Waals surface area contributed by atoms with Gasteiger partial charge in [0, 0.05) is 17.7 Å². The predicted molar refractivity (Wildman–Crippen MR) is 65.8 cm³/mol. The normalized spacial score (nSPS) is 11.9. The summed E-state index contributed by atoms with van der Waals surface area (Å²) in [4.78, 5) is 11.3. The Bertz CT molecular complexity index is 726. The first-order chi connectivity index (χ1) is 7.85. The van der Waals surface area contributed by atoms with E-state index in [4.69, 9.17) is 4.42 Å². The lowest BCUT2D eigenvalue weighted by Crippen LogP contribution is -2.06. The molecule has 0 N–H and O–H groups in total. The van der Waals surface area contributed by atoms with E-state index in [1.54, 1.807) is 12.1 Å². The van der Waals surface area contributed by atoms with E-state index in [9.17, 15) is 13.2 Å². The maximum atomic E-state index is 11.3. The van der Waals surface area contributed by atoms with Gasteiger partial charge in [0.15, 0.2) is 9.84 Å². The molecule has 0 saturated heterocycles. The van der Waals surface area contributed by atoms with Gasteiger partial charge in [-0.05, 0) is 24.1 Å². The molecule has 5 heteroatoms. The van der Waals surface area contributed by atoms with Crippen LogP contribution in [0, 0.1) is 6.92 Å². The number of aryl methyl sites for hydroxylation is 1. The van der Waals surface area contributed by atoms with Crippen molar-refractivity contribution in [2.24, 2.45) is 0 Å². The molecule has 1 aromatic carbocycles. The van der Waals surface area contributed by atoms with Crippen molar-refractivity contribution in [1.29, 1.82) is 0 Å². The zero-order chi connectivity index (χ0) is 12.6. The Labute approximate surface area is 98.8 Å². The second-order valence-corrected chi connectivity index (χ2v) is 6.30. The summed E-state index contributed by atoms with van der Waals surface area (Å²) < 4.78 is 27.6. The highest BCUT2D eigenvalue weighted by molar-refractivity contribution is 7.89. The van der Waals surface area contributed by atoms with Gasteiger partial charge < -0.3 is 4.42 Å². The smallest absolute Gasteiger partial charge is 0.336 e. The van der Waals surface area contributed by atoms with E-state index in [2.05, 4.69) is 0 Å². The molecule has 0 fully saturated rings. The van der Waals surface area contributed by atoms with E-state index in [0.717, 1.165) is 11.8 Å². The van der Waals surface area contributed by atoms with Crippen molar-refractivity contribution in [3.05, 3.63) is 45.8 Å². The van der Waals surface area contributed by atoms with Gasteiger partial charge >= 0.3 is 5.63 Å². The number of sulfone groups is 1. The molecule has 0 aliphatic rings. The minimum atomic E-state index is -3.18. The molecule has 1 heterocycles. The quantitative estimate of drug-likeness (QED) is 0.762. The highest BCUT2D eigenvalue weighted by Gasteiger charge is 2.11. The molecule has 0 aliphatic heterocycles. The van der Waals surface area contributed by atoms with Gasteiger partial charge in [-0.2, -0.15) is 0 Å². The molecular formula is C12H12O4S. The minimum absolute atomic E-state index is 0.155. The predicted octanol–water partition coefficient (Wildman–Crippen LogP) is 1.65. The van der Waals surface area contributed by atoms with Gasteiger partial charge in [-0.3, -0.25) is 0 Å². The summed E-state index contributed by atoms with van der Waals surface area (Å²) in [7, 11) is -3.18. The first-order valence-electron chi connectivity index (χ1n) is 5.06. The summed E-state index contributed by atoms with van der Waals surface area (Å²) in [5.74, 6) is -0.155. The molecule has 90 valence electrons. The van der Waals surface area contributed by atoms with Gasteiger partial charge in [0.2, 0.25) is 0 Å². The molecule has 2 aromatic rings. The monoisotopic (exact) mass is 252 g/mol. The molecule has 0 saturated carbocycles. The molecule has 0 aliphatic carbocycles. The summed E-state index contributed by atoms with van der Waals surface area (Å²) in [5.41, 5.74) is 1.34. The van der Waals surface area contributed by atoms with E-state index < -0.39 is 15.5 Å². The van der Waals surface area contributed by atoms with Crippen molar-refractivity contribution in [2.75, 3.05) is 6.26 Å².